The van der Waals surface area contributed by atoms with E-state index in [0.717, 1.165) is 24.5 Å². The molecule has 0 aliphatic heterocycles. The summed E-state index contributed by atoms with van der Waals surface area (Å²) in [6.07, 6.45) is 1.02. The Labute approximate surface area is 133 Å². The Kier molecular flexibility index (Phi) is 5.49. The zero-order chi connectivity index (χ0) is 15.4. The van der Waals surface area contributed by atoms with Gasteiger partial charge in [0, 0.05) is 35.5 Å². The second-order valence-electron chi connectivity index (χ2n) is 5.75. The van der Waals surface area contributed by atoms with E-state index in [1.54, 1.807) is 0 Å². The molecule has 1 unspecified atom stereocenters. The number of halogens is 1. The van der Waals surface area contributed by atoms with Crippen molar-refractivity contribution < 1.29 is 0 Å². The van der Waals surface area contributed by atoms with E-state index in [1.807, 2.05) is 12.1 Å². The molecule has 114 valence electrons. The monoisotopic (exact) mass is 304 g/mol. The van der Waals surface area contributed by atoms with Crippen LogP contribution in [0.2, 0.25) is 5.02 Å². The van der Waals surface area contributed by atoms with Gasteiger partial charge in [0.2, 0.25) is 0 Å². The van der Waals surface area contributed by atoms with Gasteiger partial charge in [-0.15, -0.1) is 0 Å². The fraction of sp³-hybridized carbons (Fsp3) is 0.444. The molecule has 2 aromatic rings. The lowest BCUT2D eigenvalue weighted by Crippen LogP contribution is -2.27. The van der Waals surface area contributed by atoms with Crippen LogP contribution in [-0.2, 0) is 19.5 Å². The lowest BCUT2D eigenvalue weighted by atomic mass is 10.1. The van der Waals surface area contributed by atoms with E-state index in [-0.39, 0.29) is 0 Å². The minimum absolute atomic E-state index is 0.441. The highest BCUT2D eigenvalue weighted by Gasteiger charge is 2.09. The standard InChI is InChI=1S/C18H25ClN2/c1-5-21-14(3)11-17(15(21)4)12-20-13(2)10-16-6-8-18(19)9-7-16/h6-9,11,13,20H,5,10,12H2,1-4H3. The van der Waals surface area contributed by atoms with Crippen molar-refractivity contribution in [1.29, 1.82) is 0 Å². The molecule has 1 N–H and O–H groups in total. The molecule has 0 amide bonds. The van der Waals surface area contributed by atoms with Crippen molar-refractivity contribution in [1.82, 2.24) is 9.88 Å². The Bertz CT molecular complexity index is 584. The van der Waals surface area contributed by atoms with Gasteiger partial charge >= 0.3 is 0 Å². The van der Waals surface area contributed by atoms with Gasteiger partial charge in [0.15, 0.2) is 0 Å². The van der Waals surface area contributed by atoms with Crippen molar-refractivity contribution in [2.24, 2.45) is 0 Å². The minimum Gasteiger partial charge on any atom is -0.349 e. The fourth-order valence-corrected chi connectivity index (χ4v) is 2.99. The van der Waals surface area contributed by atoms with E-state index >= 15 is 0 Å². The normalized spacial score (nSPS) is 12.6. The molecule has 1 aromatic carbocycles. The highest BCUT2D eigenvalue weighted by molar-refractivity contribution is 6.30. The number of nitrogens with zero attached hydrogens (tertiary/aromatic N) is 1. The number of aromatic nitrogens is 1. The third-order valence-corrected chi connectivity index (χ3v) is 4.34. The summed E-state index contributed by atoms with van der Waals surface area (Å²) in [5.74, 6) is 0. The highest BCUT2D eigenvalue weighted by atomic mass is 35.5. The first-order valence-corrected chi connectivity index (χ1v) is 8.02. The number of hydrogen-bond donors (Lipinski definition) is 1. The van der Waals surface area contributed by atoms with Crippen molar-refractivity contribution in [3.8, 4) is 0 Å². The molecule has 2 nitrogen and oxygen atoms in total. The van der Waals surface area contributed by atoms with Crippen molar-refractivity contribution in [3.05, 3.63) is 57.9 Å². The van der Waals surface area contributed by atoms with E-state index < -0.39 is 0 Å². The summed E-state index contributed by atoms with van der Waals surface area (Å²) in [5.41, 5.74) is 5.44. The van der Waals surface area contributed by atoms with Crippen molar-refractivity contribution in [2.45, 2.75) is 53.2 Å². The summed E-state index contributed by atoms with van der Waals surface area (Å²) in [4.78, 5) is 0. The summed E-state index contributed by atoms with van der Waals surface area (Å²) in [6, 6.07) is 10.8. The maximum Gasteiger partial charge on any atom is 0.0406 e. The first-order chi connectivity index (χ1) is 10.0. The van der Waals surface area contributed by atoms with Crippen LogP contribution in [0.4, 0.5) is 0 Å². The van der Waals surface area contributed by atoms with Crippen molar-refractivity contribution in [2.75, 3.05) is 0 Å². The second-order valence-corrected chi connectivity index (χ2v) is 6.19. The Morgan fingerprint density at radius 3 is 2.43 bits per heavy atom. The van der Waals surface area contributed by atoms with Crippen LogP contribution in [-0.4, -0.2) is 10.6 Å². The van der Waals surface area contributed by atoms with Gasteiger partial charge in [-0.05, 0) is 63.4 Å². The first-order valence-electron chi connectivity index (χ1n) is 7.64. The maximum absolute atomic E-state index is 5.92. The lowest BCUT2D eigenvalue weighted by Gasteiger charge is -2.14. The summed E-state index contributed by atoms with van der Waals surface area (Å²) in [5, 5.41) is 4.42. The predicted octanol–water partition coefficient (Wildman–Crippen LogP) is 4.50. The Hall–Kier alpha value is -1.25. The van der Waals surface area contributed by atoms with Crippen LogP contribution in [0.1, 0.15) is 36.4 Å². The maximum atomic E-state index is 5.92. The molecule has 0 aliphatic rings. The number of nitrogens with one attached hydrogen (secondary N) is 1. The molecule has 21 heavy (non-hydrogen) atoms. The zero-order valence-electron chi connectivity index (χ0n) is 13.4. The molecular weight excluding hydrogens is 280 g/mol. The predicted molar refractivity (Wildman–Crippen MR) is 91.0 cm³/mol. The molecule has 0 bridgehead atoms. The van der Waals surface area contributed by atoms with Gasteiger partial charge in [-0.3, -0.25) is 0 Å². The Morgan fingerprint density at radius 2 is 1.86 bits per heavy atom. The average molecular weight is 305 g/mol. The van der Waals surface area contributed by atoms with Gasteiger partial charge in [-0.1, -0.05) is 23.7 Å². The summed E-state index contributed by atoms with van der Waals surface area (Å²) in [7, 11) is 0. The average Bonchev–Trinajstić information content (AvgIpc) is 2.73. The van der Waals surface area contributed by atoms with Crippen molar-refractivity contribution >= 4 is 11.6 Å². The molecule has 1 atom stereocenters. The molecule has 2 rings (SSSR count). The van der Waals surface area contributed by atoms with Crippen LogP contribution in [0.3, 0.4) is 0 Å². The summed E-state index contributed by atoms with van der Waals surface area (Å²) < 4.78 is 2.36. The fourth-order valence-electron chi connectivity index (χ4n) is 2.87. The van der Waals surface area contributed by atoms with E-state index in [4.69, 9.17) is 11.6 Å². The van der Waals surface area contributed by atoms with Crippen LogP contribution in [0.15, 0.2) is 30.3 Å². The molecular formula is C18H25ClN2. The van der Waals surface area contributed by atoms with Gasteiger partial charge in [-0.2, -0.15) is 0 Å². The second kappa shape index (κ2) is 7.15. The molecule has 3 heteroatoms. The molecule has 0 saturated carbocycles. The Morgan fingerprint density at radius 1 is 1.19 bits per heavy atom. The van der Waals surface area contributed by atoms with E-state index in [2.05, 4.69) is 55.8 Å². The van der Waals surface area contributed by atoms with Gasteiger partial charge in [-0.25, -0.2) is 0 Å². The number of rotatable bonds is 6. The molecule has 1 heterocycles. The zero-order valence-corrected chi connectivity index (χ0v) is 14.2. The molecule has 1 aromatic heterocycles. The molecule has 0 aliphatic carbocycles. The van der Waals surface area contributed by atoms with Crippen LogP contribution in [0.5, 0.6) is 0 Å². The summed E-state index contributed by atoms with van der Waals surface area (Å²) in [6.45, 7) is 10.8. The van der Waals surface area contributed by atoms with E-state index in [9.17, 15) is 0 Å². The molecule has 0 saturated heterocycles. The SMILES string of the molecule is CCn1c(C)cc(CNC(C)Cc2ccc(Cl)cc2)c1C. The van der Waals surface area contributed by atoms with Gasteiger partial charge in [0.05, 0.1) is 0 Å². The van der Waals surface area contributed by atoms with Gasteiger partial charge < -0.3 is 9.88 Å². The number of benzene rings is 1. The molecule has 0 radical (unpaired) electrons. The topological polar surface area (TPSA) is 17.0 Å². The van der Waals surface area contributed by atoms with Crippen LogP contribution in [0.25, 0.3) is 0 Å². The summed E-state index contributed by atoms with van der Waals surface area (Å²) >= 11 is 5.92. The third-order valence-electron chi connectivity index (χ3n) is 4.09. The lowest BCUT2D eigenvalue weighted by molar-refractivity contribution is 0.543. The van der Waals surface area contributed by atoms with Crippen LogP contribution in [0, 0.1) is 13.8 Å². The molecule has 0 fully saturated rings. The first kappa shape index (κ1) is 16.1. The smallest absolute Gasteiger partial charge is 0.0406 e. The quantitative estimate of drug-likeness (QED) is 0.831. The van der Waals surface area contributed by atoms with Crippen molar-refractivity contribution in [3.63, 3.8) is 0 Å². The van der Waals surface area contributed by atoms with Crippen LogP contribution >= 0.6 is 11.6 Å². The number of aryl methyl sites for hydroxylation is 1. The molecule has 0 spiro atoms. The largest absolute Gasteiger partial charge is 0.349 e. The van der Waals surface area contributed by atoms with Gasteiger partial charge in [0.1, 0.15) is 0 Å². The van der Waals surface area contributed by atoms with E-state index in [1.165, 1.54) is 22.5 Å². The highest BCUT2D eigenvalue weighted by Crippen LogP contribution is 2.15. The minimum atomic E-state index is 0.441. The Balaban J connectivity index is 1.92. The van der Waals surface area contributed by atoms with Gasteiger partial charge in [0.25, 0.3) is 0 Å². The third kappa shape index (κ3) is 4.12. The van der Waals surface area contributed by atoms with E-state index in [0.29, 0.717) is 6.04 Å². The number of hydrogen-bond acceptors (Lipinski definition) is 1. The van der Waals surface area contributed by atoms with Crippen LogP contribution < -0.4 is 5.32 Å².